The standard InChI is InChI=1S/C24H18ClN3O2/c25-20-9-7-17(8-10-20)15-28-16-19(22-5-1-2-6-23(22)28)12-18(13-26)24(29)27-14-21-4-3-11-30-21/h1-12,16H,14-15H2,(H,27,29)/b18-12+. The number of fused-ring (bicyclic) bond motifs is 1. The van der Waals surface area contributed by atoms with Gasteiger partial charge in [0.15, 0.2) is 0 Å². The van der Waals surface area contributed by atoms with Gasteiger partial charge < -0.3 is 14.3 Å². The Morgan fingerprint density at radius 2 is 1.93 bits per heavy atom. The Hall–Kier alpha value is -3.75. The molecule has 0 saturated carbocycles. The normalized spacial score (nSPS) is 11.4. The summed E-state index contributed by atoms with van der Waals surface area (Å²) in [5.41, 5.74) is 2.97. The van der Waals surface area contributed by atoms with Gasteiger partial charge >= 0.3 is 0 Å². The molecule has 2 aromatic carbocycles. The van der Waals surface area contributed by atoms with Crippen LogP contribution < -0.4 is 5.32 Å². The molecule has 0 fully saturated rings. The first-order valence-corrected chi connectivity index (χ1v) is 9.76. The SMILES string of the molecule is N#C/C(=C\c1cn(Cc2ccc(Cl)cc2)c2ccccc12)C(=O)NCc1ccco1. The number of rotatable bonds is 6. The molecule has 0 saturated heterocycles. The lowest BCUT2D eigenvalue weighted by Crippen LogP contribution is -2.23. The minimum absolute atomic E-state index is 0.0379. The molecule has 148 valence electrons. The molecule has 30 heavy (non-hydrogen) atoms. The largest absolute Gasteiger partial charge is 0.467 e. The van der Waals surface area contributed by atoms with Crippen molar-refractivity contribution in [2.24, 2.45) is 0 Å². The quantitative estimate of drug-likeness (QED) is 0.349. The number of nitrogens with zero attached hydrogens (tertiary/aromatic N) is 2. The third-order valence-corrected chi connectivity index (χ3v) is 5.01. The molecular weight excluding hydrogens is 398 g/mol. The van der Waals surface area contributed by atoms with E-state index in [9.17, 15) is 10.1 Å². The Bertz CT molecular complexity index is 1250. The van der Waals surface area contributed by atoms with Crippen molar-refractivity contribution in [1.82, 2.24) is 9.88 Å². The van der Waals surface area contributed by atoms with E-state index in [1.165, 1.54) is 6.26 Å². The van der Waals surface area contributed by atoms with Crippen molar-refractivity contribution in [1.29, 1.82) is 5.26 Å². The van der Waals surface area contributed by atoms with Crippen LogP contribution in [-0.2, 0) is 17.9 Å². The maximum atomic E-state index is 12.5. The lowest BCUT2D eigenvalue weighted by atomic mass is 10.1. The van der Waals surface area contributed by atoms with Crippen LogP contribution in [0.1, 0.15) is 16.9 Å². The summed E-state index contributed by atoms with van der Waals surface area (Å²) < 4.78 is 7.31. The highest BCUT2D eigenvalue weighted by molar-refractivity contribution is 6.30. The second kappa shape index (κ2) is 8.73. The lowest BCUT2D eigenvalue weighted by molar-refractivity contribution is -0.117. The van der Waals surface area contributed by atoms with E-state index in [0.717, 1.165) is 22.0 Å². The van der Waals surface area contributed by atoms with Gasteiger partial charge in [-0.1, -0.05) is 41.9 Å². The van der Waals surface area contributed by atoms with E-state index >= 15 is 0 Å². The molecule has 6 heteroatoms. The summed E-state index contributed by atoms with van der Waals surface area (Å²) in [5, 5.41) is 13.9. The summed E-state index contributed by atoms with van der Waals surface area (Å²) in [6, 6.07) is 21.1. The van der Waals surface area contributed by atoms with Gasteiger partial charge in [-0.25, -0.2) is 0 Å². The molecule has 0 unspecified atom stereocenters. The number of nitrogens with one attached hydrogen (secondary N) is 1. The van der Waals surface area contributed by atoms with E-state index in [1.54, 1.807) is 18.2 Å². The number of para-hydroxylation sites is 1. The van der Waals surface area contributed by atoms with Crippen molar-refractivity contribution in [3.05, 3.63) is 101 Å². The molecule has 0 radical (unpaired) electrons. The van der Waals surface area contributed by atoms with Crippen LogP contribution in [0.5, 0.6) is 0 Å². The molecule has 2 heterocycles. The summed E-state index contributed by atoms with van der Waals surface area (Å²) in [5.74, 6) is 0.184. The predicted octanol–water partition coefficient (Wildman–Crippen LogP) is 5.16. The molecule has 4 aromatic rings. The zero-order valence-electron chi connectivity index (χ0n) is 16.0. The molecule has 1 amide bonds. The van der Waals surface area contributed by atoms with Crippen LogP contribution in [0.25, 0.3) is 17.0 Å². The Morgan fingerprint density at radius 3 is 2.67 bits per heavy atom. The van der Waals surface area contributed by atoms with Crippen LogP contribution in [0.4, 0.5) is 0 Å². The molecule has 1 N–H and O–H groups in total. The van der Waals surface area contributed by atoms with Gasteiger partial charge in [-0.3, -0.25) is 4.79 Å². The average molecular weight is 416 g/mol. The third kappa shape index (κ3) is 4.29. The van der Waals surface area contributed by atoms with E-state index < -0.39 is 5.91 Å². The minimum Gasteiger partial charge on any atom is -0.467 e. The topological polar surface area (TPSA) is 71.0 Å². The minimum atomic E-state index is -0.441. The van der Waals surface area contributed by atoms with Crippen molar-refractivity contribution in [2.75, 3.05) is 0 Å². The lowest BCUT2D eigenvalue weighted by Gasteiger charge is -2.05. The average Bonchev–Trinajstić information content (AvgIpc) is 3.40. The van der Waals surface area contributed by atoms with Crippen LogP contribution in [0, 0.1) is 11.3 Å². The van der Waals surface area contributed by atoms with Gasteiger partial charge in [0.2, 0.25) is 0 Å². The molecule has 0 bridgehead atoms. The molecule has 5 nitrogen and oxygen atoms in total. The maximum absolute atomic E-state index is 12.5. The second-order valence-electron chi connectivity index (χ2n) is 6.79. The summed E-state index contributed by atoms with van der Waals surface area (Å²) in [6.07, 6.45) is 5.12. The van der Waals surface area contributed by atoms with Gasteiger partial charge in [0.05, 0.1) is 12.8 Å². The first-order valence-electron chi connectivity index (χ1n) is 9.39. The molecule has 0 spiro atoms. The van der Waals surface area contributed by atoms with E-state index in [4.69, 9.17) is 16.0 Å². The molecule has 4 rings (SSSR count). The smallest absolute Gasteiger partial charge is 0.262 e. The van der Waals surface area contributed by atoms with Gasteiger partial charge in [-0.15, -0.1) is 0 Å². The van der Waals surface area contributed by atoms with Crippen molar-refractivity contribution in [3.63, 3.8) is 0 Å². The molecule has 0 aliphatic carbocycles. The monoisotopic (exact) mass is 415 g/mol. The Labute approximate surface area is 178 Å². The van der Waals surface area contributed by atoms with Gasteiger partial charge in [0.25, 0.3) is 5.91 Å². The fourth-order valence-corrected chi connectivity index (χ4v) is 3.41. The number of furan rings is 1. The molecule has 0 atom stereocenters. The van der Waals surface area contributed by atoms with E-state index in [0.29, 0.717) is 17.3 Å². The fraction of sp³-hybridized carbons (Fsp3) is 0.0833. The molecular formula is C24H18ClN3O2. The predicted molar refractivity (Wildman–Crippen MR) is 117 cm³/mol. The number of carbonyl (C=O) groups is 1. The summed E-state index contributed by atoms with van der Waals surface area (Å²) >= 11 is 5.99. The number of hydrogen-bond donors (Lipinski definition) is 1. The van der Waals surface area contributed by atoms with Crippen molar-refractivity contribution >= 4 is 34.5 Å². The highest BCUT2D eigenvalue weighted by atomic mass is 35.5. The maximum Gasteiger partial charge on any atom is 0.262 e. The number of hydrogen-bond acceptors (Lipinski definition) is 3. The first-order chi connectivity index (χ1) is 14.6. The van der Waals surface area contributed by atoms with E-state index in [-0.39, 0.29) is 12.1 Å². The number of amides is 1. The second-order valence-corrected chi connectivity index (χ2v) is 7.22. The Morgan fingerprint density at radius 1 is 1.13 bits per heavy atom. The molecule has 0 aliphatic rings. The Kier molecular flexibility index (Phi) is 5.69. The number of carbonyl (C=O) groups excluding carboxylic acids is 1. The van der Waals surface area contributed by atoms with Crippen LogP contribution in [0.2, 0.25) is 5.02 Å². The Balaban J connectivity index is 1.63. The van der Waals surface area contributed by atoms with E-state index in [2.05, 4.69) is 9.88 Å². The fourth-order valence-electron chi connectivity index (χ4n) is 3.29. The zero-order valence-corrected chi connectivity index (χ0v) is 16.8. The van der Waals surface area contributed by atoms with Gasteiger partial charge in [-0.2, -0.15) is 5.26 Å². The number of benzene rings is 2. The first kappa shape index (κ1) is 19.6. The van der Waals surface area contributed by atoms with Crippen LogP contribution in [-0.4, -0.2) is 10.5 Å². The van der Waals surface area contributed by atoms with Crippen LogP contribution in [0.15, 0.2) is 83.1 Å². The summed E-state index contributed by atoms with van der Waals surface area (Å²) in [4.78, 5) is 12.5. The highest BCUT2D eigenvalue weighted by Gasteiger charge is 2.13. The summed E-state index contributed by atoms with van der Waals surface area (Å²) in [7, 11) is 0. The third-order valence-electron chi connectivity index (χ3n) is 4.75. The zero-order chi connectivity index (χ0) is 20.9. The van der Waals surface area contributed by atoms with Crippen molar-refractivity contribution in [3.8, 4) is 6.07 Å². The number of aromatic nitrogens is 1. The highest BCUT2D eigenvalue weighted by Crippen LogP contribution is 2.25. The molecule has 0 aliphatic heterocycles. The van der Waals surface area contributed by atoms with Gasteiger partial charge in [0.1, 0.15) is 17.4 Å². The van der Waals surface area contributed by atoms with Gasteiger partial charge in [-0.05, 0) is 42.0 Å². The van der Waals surface area contributed by atoms with Gasteiger partial charge in [0, 0.05) is 34.2 Å². The van der Waals surface area contributed by atoms with Crippen LogP contribution >= 0.6 is 11.6 Å². The molecule has 2 aromatic heterocycles. The van der Waals surface area contributed by atoms with Crippen molar-refractivity contribution in [2.45, 2.75) is 13.1 Å². The number of nitriles is 1. The van der Waals surface area contributed by atoms with Crippen molar-refractivity contribution < 1.29 is 9.21 Å². The van der Waals surface area contributed by atoms with E-state index in [1.807, 2.05) is 60.8 Å². The number of halogens is 1. The van der Waals surface area contributed by atoms with Crippen LogP contribution in [0.3, 0.4) is 0 Å². The summed E-state index contributed by atoms with van der Waals surface area (Å²) in [6.45, 7) is 0.876.